The zero-order valence-electron chi connectivity index (χ0n) is 12.2. The number of thioether (sulfide) groups is 1. The molecule has 4 rings (SSSR count). The average molecular weight is 321 g/mol. The highest BCUT2D eigenvalue weighted by Gasteiger charge is 2.33. The summed E-state index contributed by atoms with van der Waals surface area (Å²) >= 11 is 1.82. The SMILES string of the molecule is O=C([C@@H]1C[C@H](Nc2ccc3c(c2)OCO3)CN1)N1CCSC1. The fourth-order valence-corrected chi connectivity index (χ4v) is 4.02. The molecule has 2 N–H and O–H groups in total. The third kappa shape index (κ3) is 2.70. The van der Waals surface area contributed by atoms with Gasteiger partial charge in [0.2, 0.25) is 12.7 Å². The maximum Gasteiger partial charge on any atom is 0.240 e. The van der Waals surface area contributed by atoms with Crippen LogP contribution in [0.15, 0.2) is 18.2 Å². The molecule has 3 heterocycles. The molecule has 0 bridgehead atoms. The van der Waals surface area contributed by atoms with Crippen LogP contribution in [0.5, 0.6) is 11.5 Å². The molecule has 6 nitrogen and oxygen atoms in total. The van der Waals surface area contributed by atoms with E-state index >= 15 is 0 Å². The van der Waals surface area contributed by atoms with Crippen LogP contribution in [-0.2, 0) is 4.79 Å². The molecule has 0 aromatic heterocycles. The first-order valence-electron chi connectivity index (χ1n) is 7.56. The largest absolute Gasteiger partial charge is 0.454 e. The molecule has 1 aromatic carbocycles. The Bertz CT molecular complexity index is 577. The highest BCUT2D eigenvalue weighted by molar-refractivity contribution is 7.99. The minimum atomic E-state index is -0.0646. The van der Waals surface area contributed by atoms with Crippen LogP contribution in [0.2, 0.25) is 0 Å². The number of carbonyl (C=O) groups is 1. The molecule has 0 spiro atoms. The van der Waals surface area contributed by atoms with E-state index in [9.17, 15) is 4.79 Å². The first-order chi connectivity index (χ1) is 10.8. The molecule has 0 unspecified atom stereocenters. The molecule has 0 saturated carbocycles. The van der Waals surface area contributed by atoms with Gasteiger partial charge in [0.05, 0.1) is 11.9 Å². The molecule has 2 fully saturated rings. The summed E-state index contributed by atoms with van der Waals surface area (Å²) in [6, 6.07) is 6.04. The number of ether oxygens (including phenoxy) is 2. The lowest BCUT2D eigenvalue weighted by Crippen LogP contribution is -2.42. The first-order valence-corrected chi connectivity index (χ1v) is 8.71. The number of hydrogen-bond acceptors (Lipinski definition) is 6. The second kappa shape index (κ2) is 5.89. The number of anilines is 1. The average Bonchev–Trinajstić information content (AvgIpc) is 3.27. The Labute approximate surface area is 133 Å². The summed E-state index contributed by atoms with van der Waals surface area (Å²) in [6.45, 7) is 1.96. The third-order valence-corrected chi connectivity index (χ3v) is 5.20. The van der Waals surface area contributed by atoms with Crippen molar-refractivity contribution in [3.8, 4) is 11.5 Å². The van der Waals surface area contributed by atoms with Crippen LogP contribution in [0.4, 0.5) is 5.69 Å². The molecule has 0 radical (unpaired) electrons. The van der Waals surface area contributed by atoms with Crippen LogP contribution in [0.25, 0.3) is 0 Å². The second-order valence-electron chi connectivity index (χ2n) is 5.74. The summed E-state index contributed by atoms with van der Waals surface area (Å²) in [4.78, 5) is 14.3. The van der Waals surface area contributed by atoms with Crippen molar-refractivity contribution in [2.75, 3.05) is 36.8 Å². The van der Waals surface area contributed by atoms with Crippen LogP contribution >= 0.6 is 11.8 Å². The molecule has 22 heavy (non-hydrogen) atoms. The molecule has 1 aromatic rings. The number of fused-ring (bicyclic) bond motifs is 1. The van der Waals surface area contributed by atoms with E-state index in [1.54, 1.807) is 0 Å². The number of carbonyl (C=O) groups excluding carboxylic acids is 1. The number of hydrogen-bond donors (Lipinski definition) is 2. The van der Waals surface area contributed by atoms with Gasteiger partial charge in [-0.15, -0.1) is 11.8 Å². The van der Waals surface area contributed by atoms with Crippen LogP contribution in [0.1, 0.15) is 6.42 Å². The Morgan fingerprint density at radius 1 is 1.36 bits per heavy atom. The van der Waals surface area contributed by atoms with Gasteiger partial charge in [0.25, 0.3) is 0 Å². The topological polar surface area (TPSA) is 62.8 Å². The number of benzene rings is 1. The van der Waals surface area contributed by atoms with Gasteiger partial charge in [-0.3, -0.25) is 4.79 Å². The Kier molecular flexibility index (Phi) is 3.75. The number of amides is 1. The summed E-state index contributed by atoms with van der Waals surface area (Å²) in [5.41, 5.74) is 1.00. The molecule has 7 heteroatoms. The van der Waals surface area contributed by atoms with Gasteiger partial charge in [0.1, 0.15) is 0 Å². The van der Waals surface area contributed by atoms with Gasteiger partial charge >= 0.3 is 0 Å². The van der Waals surface area contributed by atoms with E-state index in [2.05, 4.69) is 10.6 Å². The van der Waals surface area contributed by atoms with E-state index in [4.69, 9.17) is 9.47 Å². The Morgan fingerprint density at radius 3 is 3.14 bits per heavy atom. The smallest absolute Gasteiger partial charge is 0.240 e. The fourth-order valence-electron chi connectivity index (χ4n) is 3.06. The molecule has 1 amide bonds. The molecule has 2 saturated heterocycles. The number of rotatable bonds is 3. The molecule has 118 valence electrons. The maximum absolute atomic E-state index is 12.4. The van der Waals surface area contributed by atoms with Gasteiger partial charge in [-0.1, -0.05) is 0 Å². The van der Waals surface area contributed by atoms with Crippen molar-refractivity contribution in [2.45, 2.75) is 18.5 Å². The molecule has 3 aliphatic rings. The Balaban J connectivity index is 1.35. The predicted octanol–water partition coefficient (Wildman–Crippen LogP) is 1.09. The molecular formula is C15H19N3O3S. The zero-order chi connectivity index (χ0) is 14.9. The van der Waals surface area contributed by atoms with E-state index in [-0.39, 0.29) is 24.8 Å². The van der Waals surface area contributed by atoms with Crippen LogP contribution < -0.4 is 20.1 Å². The van der Waals surface area contributed by atoms with Crippen molar-refractivity contribution in [3.63, 3.8) is 0 Å². The van der Waals surface area contributed by atoms with E-state index in [0.29, 0.717) is 0 Å². The summed E-state index contributed by atoms with van der Waals surface area (Å²) in [7, 11) is 0. The standard InChI is InChI=1S/C15H19N3O3S/c19-15(18-3-4-22-8-18)12-5-11(7-16-12)17-10-1-2-13-14(6-10)21-9-20-13/h1-2,6,11-12,16-17H,3-5,7-9H2/t11-,12-/m0/s1. The normalized spacial score (nSPS) is 26.5. The lowest BCUT2D eigenvalue weighted by atomic mass is 10.1. The predicted molar refractivity (Wildman–Crippen MR) is 85.4 cm³/mol. The zero-order valence-corrected chi connectivity index (χ0v) is 13.0. The highest BCUT2D eigenvalue weighted by atomic mass is 32.2. The summed E-state index contributed by atoms with van der Waals surface area (Å²) in [6.07, 6.45) is 0.814. The minimum absolute atomic E-state index is 0.0646. The maximum atomic E-state index is 12.4. The van der Waals surface area contributed by atoms with Crippen LogP contribution in [0.3, 0.4) is 0 Å². The van der Waals surface area contributed by atoms with Crippen molar-refractivity contribution in [1.82, 2.24) is 10.2 Å². The van der Waals surface area contributed by atoms with Crippen molar-refractivity contribution < 1.29 is 14.3 Å². The fraction of sp³-hybridized carbons (Fsp3) is 0.533. The number of nitrogens with zero attached hydrogens (tertiary/aromatic N) is 1. The van der Waals surface area contributed by atoms with Crippen molar-refractivity contribution in [3.05, 3.63) is 18.2 Å². The molecule has 2 atom stereocenters. The summed E-state index contributed by atoms with van der Waals surface area (Å²) < 4.78 is 10.7. The lowest BCUT2D eigenvalue weighted by molar-refractivity contribution is -0.131. The van der Waals surface area contributed by atoms with E-state index in [0.717, 1.165) is 48.3 Å². The number of nitrogens with one attached hydrogen (secondary N) is 2. The monoisotopic (exact) mass is 321 g/mol. The van der Waals surface area contributed by atoms with Crippen molar-refractivity contribution >= 4 is 23.4 Å². The van der Waals surface area contributed by atoms with Gasteiger partial charge in [0, 0.05) is 36.6 Å². The minimum Gasteiger partial charge on any atom is -0.454 e. The highest BCUT2D eigenvalue weighted by Crippen LogP contribution is 2.34. The Hall–Kier alpha value is -1.60. The van der Waals surface area contributed by atoms with E-state index in [1.165, 1.54) is 0 Å². The van der Waals surface area contributed by atoms with Crippen LogP contribution in [0, 0.1) is 0 Å². The van der Waals surface area contributed by atoms with Gasteiger partial charge in [-0.2, -0.15) is 0 Å². The van der Waals surface area contributed by atoms with E-state index in [1.807, 2.05) is 34.9 Å². The van der Waals surface area contributed by atoms with Crippen molar-refractivity contribution in [2.24, 2.45) is 0 Å². The summed E-state index contributed by atoms with van der Waals surface area (Å²) in [5.74, 6) is 3.68. The molecule has 3 aliphatic heterocycles. The van der Waals surface area contributed by atoms with Gasteiger partial charge in [-0.05, 0) is 18.6 Å². The van der Waals surface area contributed by atoms with Gasteiger partial charge < -0.3 is 25.0 Å². The molecular weight excluding hydrogens is 302 g/mol. The quantitative estimate of drug-likeness (QED) is 0.869. The van der Waals surface area contributed by atoms with Crippen LogP contribution in [-0.4, -0.2) is 54.4 Å². The lowest BCUT2D eigenvalue weighted by Gasteiger charge is -2.19. The van der Waals surface area contributed by atoms with E-state index < -0.39 is 0 Å². The third-order valence-electron chi connectivity index (χ3n) is 4.24. The second-order valence-corrected chi connectivity index (χ2v) is 6.82. The Morgan fingerprint density at radius 2 is 2.27 bits per heavy atom. The summed E-state index contributed by atoms with van der Waals surface area (Å²) in [5, 5.41) is 6.81. The van der Waals surface area contributed by atoms with Crippen molar-refractivity contribution in [1.29, 1.82) is 0 Å². The van der Waals surface area contributed by atoms with Gasteiger partial charge in [0.15, 0.2) is 11.5 Å². The van der Waals surface area contributed by atoms with Gasteiger partial charge in [-0.25, -0.2) is 0 Å². The first kappa shape index (κ1) is 14.0. The molecule has 0 aliphatic carbocycles.